The molecule has 0 rings (SSSR count). The first kappa shape index (κ1) is 20.5. The molecule has 0 spiro atoms. The topological polar surface area (TPSA) is 21.7 Å². The summed E-state index contributed by atoms with van der Waals surface area (Å²) < 4.78 is 15.0. The molecule has 0 aliphatic rings. The third-order valence-corrected chi connectivity index (χ3v) is 13.5. The van der Waals surface area contributed by atoms with E-state index in [1.807, 2.05) is 0 Å². The maximum atomic E-state index is 6.05. The van der Waals surface area contributed by atoms with Crippen LogP contribution in [0.4, 0.5) is 0 Å². The molecule has 0 saturated carbocycles. The zero-order valence-electron chi connectivity index (χ0n) is 15.2. The van der Waals surface area contributed by atoms with Gasteiger partial charge in [0, 0.05) is 18.9 Å². The Labute approximate surface area is 131 Å². The molecule has 0 bridgehead atoms. The van der Waals surface area contributed by atoms with Gasteiger partial charge in [-0.05, 0) is 20.3 Å². The van der Waals surface area contributed by atoms with Crippen LogP contribution in [-0.2, 0) is 8.85 Å². The average molecular weight is 335 g/mol. The average Bonchev–Trinajstić information content (AvgIpc) is 2.24. The van der Waals surface area contributed by atoms with Gasteiger partial charge in [0.25, 0.3) is 0 Å². The first-order chi connectivity index (χ1) is 9.09. The van der Waals surface area contributed by atoms with Crippen molar-refractivity contribution < 1.29 is 8.85 Å². The number of hydrogen-bond acceptors (Lipinski definition) is 3. The van der Waals surface area contributed by atoms with Crippen LogP contribution < -0.4 is 0 Å². The van der Waals surface area contributed by atoms with E-state index in [9.17, 15) is 0 Å². The summed E-state index contributed by atoms with van der Waals surface area (Å²) >= 11 is 0. The van der Waals surface area contributed by atoms with Crippen LogP contribution in [0.1, 0.15) is 33.6 Å². The Kier molecular flexibility index (Phi) is 9.08. The first-order valence-electron chi connectivity index (χ1n) is 8.01. The molecule has 0 saturated heterocycles. The lowest BCUT2D eigenvalue weighted by Gasteiger charge is -2.49. The Bertz CT molecular complexity index is 244. The second-order valence-corrected chi connectivity index (χ2v) is 19.2. The maximum Gasteiger partial charge on any atom is 0.402 e. The van der Waals surface area contributed by atoms with Crippen LogP contribution >= 0.6 is 0 Å². The zero-order chi connectivity index (χ0) is 16.0. The summed E-state index contributed by atoms with van der Waals surface area (Å²) in [5.41, 5.74) is 0.503. The van der Waals surface area contributed by atoms with Gasteiger partial charge in [0.1, 0.15) is 16.5 Å². The van der Waals surface area contributed by atoms with Crippen molar-refractivity contribution in [1.82, 2.24) is 4.23 Å². The van der Waals surface area contributed by atoms with E-state index in [-0.39, 0.29) is 0 Å². The van der Waals surface area contributed by atoms with Crippen molar-refractivity contribution in [3.8, 4) is 0 Å². The summed E-state index contributed by atoms with van der Waals surface area (Å²) in [5.74, 6) is 0. The van der Waals surface area contributed by atoms with Crippen molar-refractivity contribution in [2.24, 2.45) is 0 Å². The highest BCUT2D eigenvalue weighted by Gasteiger charge is 2.44. The first-order valence-corrected chi connectivity index (χ1v) is 16.3. The fourth-order valence-corrected chi connectivity index (χ4v) is 18.0. The minimum Gasteiger partial charge on any atom is -0.393 e. The van der Waals surface area contributed by atoms with Crippen molar-refractivity contribution in [2.45, 2.75) is 78.6 Å². The molecule has 3 nitrogen and oxygen atoms in total. The monoisotopic (exact) mass is 334 g/mol. The molecule has 0 aromatic heterocycles. The summed E-state index contributed by atoms with van der Waals surface area (Å²) in [6, 6.07) is 0. The minimum atomic E-state index is -1.38. The third kappa shape index (κ3) is 6.53. The molecule has 1 unspecified atom stereocenters. The molecule has 121 valence electrons. The summed E-state index contributed by atoms with van der Waals surface area (Å²) in [5, 5.41) is 0. The molecule has 0 aliphatic heterocycles. The molecular formula is C14H36NO2Si3. The van der Waals surface area contributed by atoms with Gasteiger partial charge < -0.3 is 13.1 Å². The van der Waals surface area contributed by atoms with Crippen molar-refractivity contribution in [3.63, 3.8) is 0 Å². The summed E-state index contributed by atoms with van der Waals surface area (Å²) in [4.78, 5) is 0. The Morgan fingerprint density at radius 2 is 1.25 bits per heavy atom. The Hall–Kier alpha value is 0.531. The lowest BCUT2D eigenvalue weighted by atomic mass is 10.3. The minimum absolute atomic E-state index is 0.503. The Morgan fingerprint density at radius 1 is 0.850 bits per heavy atom. The lowest BCUT2D eigenvalue weighted by molar-refractivity contribution is 0.190. The van der Waals surface area contributed by atoms with Gasteiger partial charge in [-0.2, -0.15) is 0 Å². The van der Waals surface area contributed by atoms with Gasteiger partial charge in [0.2, 0.25) is 0 Å². The molecule has 0 heterocycles. The predicted octanol–water partition coefficient (Wildman–Crippen LogP) is 4.23. The molecule has 0 amide bonds. The third-order valence-electron chi connectivity index (χ3n) is 3.16. The quantitative estimate of drug-likeness (QED) is 0.558. The molecule has 0 fully saturated rings. The predicted molar refractivity (Wildman–Crippen MR) is 96.2 cm³/mol. The SMILES string of the molecule is CCCC(N([Si](C)(C)C)[Si](C)(C)C)[Si](OCC)OCC. The van der Waals surface area contributed by atoms with Crippen molar-refractivity contribution in [2.75, 3.05) is 13.2 Å². The van der Waals surface area contributed by atoms with Crippen LogP contribution in [0.5, 0.6) is 0 Å². The highest BCUT2D eigenvalue weighted by atomic mass is 28.4. The van der Waals surface area contributed by atoms with Gasteiger partial charge in [-0.3, -0.25) is 0 Å². The molecule has 0 aromatic rings. The second-order valence-electron chi connectivity index (χ2n) is 7.20. The smallest absolute Gasteiger partial charge is 0.393 e. The fraction of sp³-hybridized carbons (Fsp3) is 1.00. The highest BCUT2D eigenvalue weighted by Crippen LogP contribution is 2.27. The highest BCUT2D eigenvalue weighted by molar-refractivity contribution is 6.90. The molecule has 0 aromatic carbocycles. The molecule has 6 heteroatoms. The van der Waals surface area contributed by atoms with Crippen LogP contribution in [0.2, 0.25) is 39.3 Å². The summed E-state index contributed by atoms with van der Waals surface area (Å²) in [6.45, 7) is 22.8. The van der Waals surface area contributed by atoms with Crippen LogP contribution in [0, 0.1) is 0 Å². The molecule has 0 N–H and O–H groups in total. The molecular weight excluding hydrogens is 298 g/mol. The Morgan fingerprint density at radius 3 is 1.50 bits per heavy atom. The van der Waals surface area contributed by atoms with E-state index in [4.69, 9.17) is 8.85 Å². The van der Waals surface area contributed by atoms with Crippen LogP contribution in [0.25, 0.3) is 0 Å². The summed E-state index contributed by atoms with van der Waals surface area (Å²) in [7, 11) is -3.98. The molecule has 0 aliphatic carbocycles. The van der Waals surface area contributed by atoms with Gasteiger partial charge in [-0.1, -0.05) is 52.6 Å². The van der Waals surface area contributed by atoms with E-state index < -0.39 is 25.8 Å². The van der Waals surface area contributed by atoms with Gasteiger partial charge in [0.15, 0.2) is 0 Å². The fourth-order valence-electron chi connectivity index (χ4n) is 3.09. The van der Waals surface area contributed by atoms with E-state index in [0.29, 0.717) is 5.67 Å². The molecule has 1 atom stereocenters. The zero-order valence-corrected chi connectivity index (χ0v) is 18.2. The normalized spacial score (nSPS) is 15.2. The Balaban J connectivity index is 5.44. The molecule has 20 heavy (non-hydrogen) atoms. The van der Waals surface area contributed by atoms with Crippen molar-refractivity contribution in [3.05, 3.63) is 0 Å². The van der Waals surface area contributed by atoms with E-state index in [2.05, 4.69) is 64.3 Å². The van der Waals surface area contributed by atoms with Crippen LogP contribution in [-0.4, -0.2) is 48.9 Å². The van der Waals surface area contributed by atoms with Gasteiger partial charge in [0.05, 0.1) is 0 Å². The largest absolute Gasteiger partial charge is 0.402 e. The maximum absolute atomic E-state index is 6.05. The number of nitrogens with zero attached hydrogens (tertiary/aromatic N) is 1. The van der Waals surface area contributed by atoms with Crippen LogP contribution in [0.15, 0.2) is 0 Å². The van der Waals surface area contributed by atoms with Crippen molar-refractivity contribution >= 4 is 25.8 Å². The number of hydrogen-bond donors (Lipinski definition) is 0. The van der Waals surface area contributed by atoms with E-state index in [1.54, 1.807) is 0 Å². The van der Waals surface area contributed by atoms with Crippen LogP contribution in [0.3, 0.4) is 0 Å². The van der Waals surface area contributed by atoms with Gasteiger partial charge in [-0.15, -0.1) is 0 Å². The van der Waals surface area contributed by atoms with E-state index >= 15 is 0 Å². The standard InChI is InChI=1S/C14H36NO2Si3/c1-10-13-14(18(16-11-2)17-12-3)15(19(4,5)6)20(7,8)9/h14H,10-13H2,1-9H3. The van der Waals surface area contributed by atoms with Crippen molar-refractivity contribution in [1.29, 1.82) is 0 Å². The molecule has 1 radical (unpaired) electrons. The number of rotatable bonds is 10. The van der Waals surface area contributed by atoms with Gasteiger partial charge >= 0.3 is 9.28 Å². The van der Waals surface area contributed by atoms with E-state index in [0.717, 1.165) is 13.2 Å². The lowest BCUT2D eigenvalue weighted by Crippen LogP contribution is -2.67. The second kappa shape index (κ2) is 8.85. The van der Waals surface area contributed by atoms with Gasteiger partial charge in [-0.25, -0.2) is 0 Å². The van der Waals surface area contributed by atoms with E-state index in [1.165, 1.54) is 12.8 Å². The summed E-state index contributed by atoms with van der Waals surface area (Å²) in [6.07, 6.45) is 2.40.